The fourth-order valence-electron chi connectivity index (χ4n) is 1.68. The molecule has 0 aliphatic carbocycles. The summed E-state index contributed by atoms with van der Waals surface area (Å²) in [6, 6.07) is 0.610. The van der Waals surface area contributed by atoms with Crippen LogP contribution in [0.15, 0.2) is 6.07 Å². The summed E-state index contributed by atoms with van der Waals surface area (Å²) >= 11 is 0. The minimum Gasteiger partial charge on any atom is -0.465 e. The van der Waals surface area contributed by atoms with E-state index in [1.54, 1.807) is 0 Å². The van der Waals surface area contributed by atoms with Crippen LogP contribution in [0.1, 0.15) is 20.7 Å². The Bertz CT molecular complexity index is 654. The van der Waals surface area contributed by atoms with Gasteiger partial charge in [0, 0.05) is 6.07 Å². The summed E-state index contributed by atoms with van der Waals surface area (Å²) in [5.41, 5.74) is -2.77. The molecule has 0 bridgehead atoms. The van der Waals surface area contributed by atoms with E-state index in [2.05, 4.69) is 4.74 Å². The summed E-state index contributed by atoms with van der Waals surface area (Å²) in [5.74, 6) is -4.94. The van der Waals surface area contributed by atoms with Crippen LogP contribution in [0.5, 0.6) is 0 Å². The highest BCUT2D eigenvalue weighted by Gasteiger charge is 2.39. The lowest BCUT2D eigenvalue weighted by atomic mass is 10.0. The lowest BCUT2D eigenvalue weighted by Gasteiger charge is -2.06. The summed E-state index contributed by atoms with van der Waals surface area (Å²) < 4.78 is 18.1. The minimum absolute atomic E-state index is 0.412. The average molecular weight is 268 g/mol. The van der Waals surface area contributed by atoms with Crippen LogP contribution >= 0.6 is 0 Å². The standard InChI is InChI=1S/C10H5FN2O6/c1-19-10(16)3-2-4(13(17)18)6(11)5-7(3)12-9(15)8(5)14/h2H,1H3,(H,12,14,15). The van der Waals surface area contributed by atoms with Crippen molar-refractivity contribution >= 4 is 29.0 Å². The van der Waals surface area contributed by atoms with Crippen LogP contribution in [0.25, 0.3) is 0 Å². The molecule has 9 heteroatoms. The first-order chi connectivity index (χ1) is 8.88. The number of carbonyl (C=O) groups is 3. The zero-order valence-corrected chi connectivity index (χ0v) is 9.35. The molecule has 1 N–H and O–H groups in total. The highest BCUT2D eigenvalue weighted by atomic mass is 19.1. The number of nitrogens with zero attached hydrogens (tertiary/aromatic N) is 1. The molecule has 1 aliphatic rings. The van der Waals surface area contributed by atoms with Crippen LogP contribution in [0.2, 0.25) is 0 Å². The third kappa shape index (κ3) is 1.71. The normalized spacial score (nSPS) is 12.9. The molecule has 8 nitrogen and oxygen atoms in total. The van der Waals surface area contributed by atoms with Gasteiger partial charge >= 0.3 is 11.7 Å². The first-order valence-corrected chi connectivity index (χ1v) is 4.83. The average Bonchev–Trinajstić information content (AvgIpc) is 2.65. The third-order valence-corrected chi connectivity index (χ3v) is 2.52. The molecular weight excluding hydrogens is 263 g/mol. The molecule has 0 spiro atoms. The Morgan fingerprint density at radius 2 is 2.11 bits per heavy atom. The van der Waals surface area contributed by atoms with Gasteiger partial charge in [0.25, 0.3) is 11.7 Å². The van der Waals surface area contributed by atoms with E-state index in [4.69, 9.17) is 0 Å². The SMILES string of the molecule is COC(=O)c1cc([N+](=O)[O-])c(F)c2c1NC(=O)C2=O. The quantitative estimate of drug-likeness (QED) is 0.364. The van der Waals surface area contributed by atoms with Crippen LogP contribution < -0.4 is 5.32 Å². The van der Waals surface area contributed by atoms with Crippen LogP contribution in [-0.2, 0) is 9.53 Å². The van der Waals surface area contributed by atoms with Gasteiger partial charge in [-0.2, -0.15) is 4.39 Å². The number of hydrogen-bond donors (Lipinski definition) is 1. The molecule has 1 heterocycles. The summed E-state index contributed by atoms with van der Waals surface area (Å²) in [6.07, 6.45) is 0. The number of nitro benzene ring substituents is 1. The van der Waals surface area contributed by atoms with Gasteiger partial charge in [0.15, 0.2) is 0 Å². The predicted molar refractivity (Wildman–Crippen MR) is 57.4 cm³/mol. The van der Waals surface area contributed by atoms with E-state index in [9.17, 15) is 28.9 Å². The number of amides is 1. The van der Waals surface area contributed by atoms with Gasteiger partial charge in [-0.25, -0.2) is 4.79 Å². The fourth-order valence-corrected chi connectivity index (χ4v) is 1.68. The zero-order valence-electron chi connectivity index (χ0n) is 9.35. The number of benzene rings is 1. The Kier molecular flexibility index (Phi) is 2.74. The number of carbonyl (C=O) groups excluding carboxylic acids is 3. The predicted octanol–water partition coefficient (Wildman–Crippen LogP) is 0.655. The molecule has 1 aromatic rings. The van der Waals surface area contributed by atoms with Crippen molar-refractivity contribution in [1.29, 1.82) is 0 Å². The van der Waals surface area contributed by atoms with Crippen molar-refractivity contribution in [3.05, 3.63) is 33.1 Å². The summed E-state index contributed by atoms with van der Waals surface area (Å²) in [5, 5.41) is 12.7. The van der Waals surface area contributed by atoms with E-state index in [0.29, 0.717) is 6.07 Å². The first kappa shape index (κ1) is 12.6. The second-order valence-corrected chi connectivity index (χ2v) is 3.54. The number of ketones is 1. The lowest BCUT2D eigenvalue weighted by molar-refractivity contribution is -0.387. The zero-order chi connectivity index (χ0) is 14.3. The van der Waals surface area contributed by atoms with Gasteiger partial charge in [-0.1, -0.05) is 0 Å². The summed E-state index contributed by atoms with van der Waals surface area (Å²) in [6.45, 7) is 0. The molecule has 19 heavy (non-hydrogen) atoms. The van der Waals surface area contributed by atoms with E-state index in [-0.39, 0.29) is 0 Å². The van der Waals surface area contributed by atoms with Crippen LogP contribution in [0.3, 0.4) is 0 Å². The van der Waals surface area contributed by atoms with Gasteiger partial charge in [0.1, 0.15) is 0 Å². The van der Waals surface area contributed by atoms with Crippen molar-refractivity contribution in [2.75, 3.05) is 12.4 Å². The largest absolute Gasteiger partial charge is 0.465 e. The highest BCUT2D eigenvalue weighted by molar-refractivity contribution is 6.52. The number of fused-ring (bicyclic) bond motifs is 1. The molecule has 0 fully saturated rings. The molecule has 1 aliphatic heterocycles. The van der Waals surface area contributed by atoms with Crippen molar-refractivity contribution in [3.8, 4) is 0 Å². The van der Waals surface area contributed by atoms with E-state index in [1.807, 2.05) is 5.32 Å². The third-order valence-electron chi connectivity index (χ3n) is 2.52. The Morgan fingerprint density at radius 1 is 1.47 bits per heavy atom. The van der Waals surface area contributed by atoms with Gasteiger partial charge in [-0.3, -0.25) is 19.7 Å². The molecule has 0 unspecified atom stereocenters. The summed E-state index contributed by atoms with van der Waals surface area (Å²) in [7, 11) is 1.00. The van der Waals surface area contributed by atoms with Crippen LogP contribution in [-0.4, -0.2) is 29.7 Å². The Morgan fingerprint density at radius 3 is 2.63 bits per heavy atom. The second kappa shape index (κ2) is 4.12. The van der Waals surface area contributed by atoms with Crippen molar-refractivity contribution in [2.45, 2.75) is 0 Å². The monoisotopic (exact) mass is 268 g/mol. The van der Waals surface area contributed by atoms with Crippen molar-refractivity contribution in [3.63, 3.8) is 0 Å². The Hall–Kier alpha value is -2.84. The van der Waals surface area contributed by atoms with Gasteiger partial charge < -0.3 is 10.1 Å². The van der Waals surface area contributed by atoms with Crippen molar-refractivity contribution < 1.29 is 28.4 Å². The molecule has 0 saturated carbocycles. The molecular formula is C10H5FN2O6. The number of rotatable bonds is 2. The fraction of sp³-hybridized carbons (Fsp3) is 0.100. The maximum atomic E-state index is 13.8. The second-order valence-electron chi connectivity index (χ2n) is 3.54. The lowest BCUT2D eigenvalue weighted by Crippen LogP contribution is -2.13. The Balaban J connectivity index is 2.82. The minimum atomic E-state index is -1.46. The maximum absolute atomic E-state index is 13.8. The van der Waals surface area contributed by atoms with Crippen LogP contribution in [0, 0.1) is 15.9 Å². The van der Waals surface area contributed by atoms with Gasteiger partial charge in [0.2, 0.25) is 5.82 Å². The van der Waals surface area contributed by atoms with Gasteiger partial charge in [-0.05, 0) is 0 Å². The van der Waals surface area contributed by atoms with E-state index >= 15 is 0 Å². The number of halogens is 1. The van der Waals surface area contributed by atoms with Crippen LogP contribution in [0.4, 0.5) is 15.8 Å². The molecule has 98 valence electrons. The number of nitro groups is 1. The Labute approximate surface area is 104 Å². The molecule has 0 aromatic heterocycles. The van der Waals surface area contributed by atoms with E-state index in [0.717, 1.165) is 7.11 Å². The van der Waals surface area contributed by atoms with E-state index in [1.165, 1.54) is 0 Å². The molecule has 1 amide bonds. The van der Waals surface area contributed by atoms with Crippen molar-refractivity contribution in [1.82, 2.24) is 0 Å². The summed E-state index contributed by atoms with van der Waals surface area (Å²) in [4.78, 5) is 43.6. The number of methoxy groups -OCH3 is 1. The molecule has 2 rings (SSSR count). The molecule has 0 radical (unpaired) electrons. The highest BCUT2D eigenvalue weighted by Crippen LogP contribution is 2.35. The maximum Gasteiger partial charge on any atom is 0.340 e. The number of ether oxygens (including phenoxy) is 1. The molecule has 1 aromatic carbocycles. The van der Waals surface area contributed by atoms with Gasteiger partial charge in [0.05, 0.1) is 28.8 Å². The van der Waals surface area contributed by atoms with Crippen molar-refractivity contribution in [2.24, 2.45) is 0 Å². The number of Topliss-reactive ketones (excluding diaryl/α,β-unsaturated/α-hetero) is 1. The number of esters is 1. The number of nitrogens with one attached hydrogen (secondary N) is 1. The smallest absolute Gasteiger partial charge is 0.340 e. The van der Waals surface area contributed by atoms with E-state index < -0.39 is 50.9 Å². The topological polar surface area (TPSA) is 116 Å². The number of anilines is 1. The molecule has 0 saturated heterocycles. The van der Waals surface area contributed by atoms with Gasteiger partial charge in [-0.15, -0.1) is 0 Å². The first-order valence-electron chi connectivity index (χ1n) is 4.83. The molecule has 0 atom stereocenters. The number of hydrogen-bond acceptors (Lipinski definition) is 6.